The minimum absolute atomic E-state index is 0.0613. The summed E-state index contributed by atoms with van der Waals surface area (Å²) >= 11 is 0. The summed E-state index contributed by atoms with van der Waals surface area (Å²) in [6.45, 7) is 0.737. The van der Waals surface area contributed by atoms with Crippen LogP contribution in [0.4, 0.5) is 0 Å². The van der Waals surface area contributed by atoms with Crippen molar-refractivity contribution >= 4 is 5.91 Å². The standard InChI is InChI=1S/C15H19NO2/c17-14-10-12-6-7-13(14)16(15(12)18)9-8-11-4-2-1-3-5-11/h1-5,12-14,17H,6-10H2/t12-,13+,14+/m1/s1. The maximum absolute atomic E-state index is 12.2. The van der Waals surface area contributed by atoms with Crippen molar-refractivity contribution in [2.24, 2.45) is 5.92 Å². The summed E-state index contributed by atoms with van der Waals surface area (Å²) in [5, 5.41) is 9.99. The Balaban J connectivity index is 1.67. The summed E-state index contributed by atoms with van der Waals surface area (Å²) in [6, 6.07) is 10.3. The summed E-state index contributed by atoms with van der Waals surface area (Å²) < 4.78 is 0. The van der Waals surface area contributed by atoms with Crippen molar-refractivity contribution < 1.29 is 9.90 Å². The topological polar surface area (TPSA) is 40.5 Å². The lowest BCUT2D eigenvalue weighted by Gasteiger charge is -2.47. The van der Waals surface area contributed by atoms with E-state index in [4.69, 9.17) is 0 Å². The Morgan fingerprint density at radius 3 is 2.72 bits per heavy atom. The fourth-order valence-electron chi connectivity index (χ4n) is 3.29. The van der Waals surface area contributed by atoms with E-state index < -0.39 is 0 Å². The van der Waals surface area contributed by atoms with Gasteiger partial charge in [-0.15, -0.1) is 0 Å². The van der Waals surface area contributed by atoms with Crippen LogP contribution in [-0.4, -0.2) is 34.6 Å². The smallest absolute Gasteiger partial charge is 0.226 e. The van der Waals surface area contributed by atoms with Gasteiger partial charge in [0.05, 0.1) is 12.1 Å². The normalized spacial score (nSPS) is 30.8. The highest BCUT2D eigenvalue weighted by Crippen LogP contribution is 2.36. The highest BCUT2D eigenvalue weighted by Gasteiger charge is 2.44. The molecule has 3 aliphatic rings. The molecule has 1 aromatic carbocycles. The number of aliphatic hydroxyl groups is 1. The van der Waals surface area contributed by atoms with E-state index >= 15 is 0 Å². The molecule has 0 radical (unpaired) electrons. The van der Waals surface area contributed by atoms with Crippen molar-refractivity contribution in [1.82, 2.24) is 4.90 Å². The van der Waals surface area contributed by atoms with Gasteiger partial charge in [0.1, 0.15) is 0 Å². The van der Waals surface area contributed by atoms with Gasteiger partial charge in [-0.1, -0.05) is 30.3 Å². The van der Waals surface area contributed by atoms with Crippen molar-refractivity contribution in [3.8, 4) is 0 Å². The van der Waals surface area contributed by atoms with Crippen LogP contribution in [0.2, 0.25) is 0 Å². The third-order valence-electron chi connectivity index (χ3n) is 4.30. The molecule has 1 N–H and O–H groups in total. The van der Waals surface area contributed by atoms with E-state index in [-0.39, 0.29) is 24.0 Å². The molecule has 0 unspecified atom stereocenters. The minimum atomic E-state index is -0.308. The summed E-state index contributed by atoms with van der Waals surface area (Å²) in [4.78, 5) is 14.1. The molecule has 2 heterocycles. The lowest BCUT2D eigenvalue weighted by molar-refractivity contribution is -0.156. The average Bonchev–Trinajstić information content (AvgIpc) is 2.40. The van der Waals surface area contributed by atoms with E-state index in [1.165, 1.54) is 5.56 Å². The molecule has 1 saturated carbocycles. The van der Waals surface area contributed by atoms with Crippen molar-refractivity contribution in [2.75, 3.05) is 6.54 Å². The molecule has 96 valence electrons. The maximum atomic E-state index is 12.2. The number of rotatable bonds is 3. The number of nitrogens with zero attached hydrogens (tertiary/aromatic N) is 1. The molecule has 1 aliphatic carbocycles. The number of hydrogen-bond acceptors (Lipinski definition) is 2. The predicted octanol–water partition coefficient (Wildman–Crippen LogP) is 1.60. The zero-order chi connectivity index (χ0) is 12.5. The monoisotopic (exact) mass is 245 g/mol. The molecule has 0 aromatic heterocycles. The Hall–Kier alpha value is -1.35. The van der Waals surface area contributed by atoms with Gasteiger partial charge in [0.25, 0.3) is 0 Å². The van der Waals surface area contributed by atoms with Crippen LogP contribution in [0.25, 0.3) is 0 Å². The van der Waals surface area contributed by atoms with Crippen LogP contribution in [0.3, 0.4) is 0 Å². The molecule has 3 atom stereocenters. The van der Waals surface area contributed by atoms with Gasteiger partial charge < -0.3 is 10.0 Å². The lowest BCUT2D eigenvalue weighted by atomic mass is 9.77. The first-order chi connectivity index (χ1) is 8.75. The van der Waals surface area contributed by atoms with Crippen molar-refractivity contribution in [1.29, 1.82) is 0 Å². The number of fused-ring (bicyclic) bond motifs is 3. The van der Waals surface area contributed by atoms with E-state index in [2.05, 4.69) is 12.1 Å². The largest absolute Gasteiger partial charge is 0.391 e. The fraction of sp³-hybridized carbons (Fsp3) is 0.533. The van der Waals surface area contributed by atoms with Crippen LogP contribution >= 0.6 is 0 Å². The van der Waals surface area contributed by atoms with Crippen LogP contribution in [-0.2, 0) is 11.2 Å². The number of amides is 1. The van der Waals surface area contributed by atoms with Crippen molar-refractivity contribution in [3.63, 3.8) is 0 Å². The predicted molar refractivity (Wildman–Crippen MR) is 69.0 cm³/mol. The van der Waals surface area contributed by atoms with E-state index in [9.17, 15) is 9.90 Å². The summed E-state index contributed by atoms with van der Waals surface area (Å²) in [5.74, 6) is 0.327. The fourth-order valence-corrected chi connectivity index (χ4v) is 3.29. The Morgan fingerprint density at radius 2 is 2.00 bits per heavy atom. The molecule has 0 spiro atoms. The highest BCUT2D eigenvalue weighted by molar-refractivity contribution is 5.81. The summed E-state index contributed by atoms with van der Waals surface area (Å²) in [7, 11) is 0. The Morgan fingerprint density at radius 1 is 1.22 bits per heavy atom. The Bertz CT molecular complexity index is 431. The number of hydrogen-bond donors (Lipinski definition) is 1. The van der Waals surface area contributed by atoms with E-state index in [1.807, 2.05) is 23.1 Å². The first kappa shape index (κ1) is 11.7. The molecule has 2 saturated heterocycles. The molecule has 3 heteroatoms. The first-order valence-electron chi connectivity index (χ1n) is 6.78. The minimum Gasteiger partial charge on any atom is -0.391 e. The third kappa shape index (κ3) is 2.03. The van der Waals surface area contributed by atoms with Crippen molar-refractivity contribution in [3.05, 3.63) is 35.9 Å². The molecule has 18 heavy (non-hydrogen) atoms. The van der Waals surface area contributed by atoms with Crippen molar-refractivity contribution in [2.45, 2.75) is 37.8 Å². The van der Waals surface area contributed by atoms with Gasteiger partial charge in [-0.25, -0.2) is 0 Å². The molecule has 4 rings (SSSR count). The molecule has 3 nitrogen and oxygen atoms in total. The van der Waals surface area contributed by atoms with Gasteiger partial charge >= 0.3 is 0 Å². The molecule has 2 aliphatic heterocycles. The van der Waals surface area contributed by atoms with Gasteiger partial charge in [0.15, 0.2) is 0 Å². The highest BCUT2D eigenvalue weighted by atomic mass is 16.3. The average molecular weight is 245 g/mol. The second-order valence-corrected chi connectivity index (χ2v) is 5.41. The second kappa shape index (κ2) is 4.73. The molecule has 2 bridgehead atoms. The Kier molecular flexibility index (Phi) is 3.08. The summed E-state index contributed by atoms with van der Waals surface area (Å²) in [5.41, 5.74) is 1.25. The van der Waals surface area contributed by atoms with Crippen LogP contribution in [0, 0.1) is 5.92 Å². The quantitative estimate of drug-likeness (QED) is 0.878. The molecular weight excluding hydrogens is 226 g/mol. The van der Waals surface area contributed by atoms with Gasteiger partial charge in [-0.2, -0.15) is 0 Å². The third-order valence-corrected chi connectivity index (χ3v) is 4.30. The zero-order valence-corrected chi connectivity index (χ0v) is 10.5. The number of benzene rings is 1. The molecule has 3 fully saturated rings. The molecule has 1 aromatic rings. The Labute approximate surface area is 107 Å². The van der Waals surface area contributed by atoms with Crippen LogP contribution in [0.15, 0.2) is 30.3 Å². The summed E-state index contributed by atoms with van der Waals surface area (Å²) in [6.07, 6.45) is 3.17. The van der Waals surface area contributed by atoms with Gasteiger partial charge in [0, 0.05) is 12.5 Å². The van der Waals surface area contributed by atoms with Gasteiger partial charge in [-0.05, 0) is 31.2 Å². The number of aliphatic hydroxyl groups excluding tert-OH is 1. The number of carbonyl (C=O) groups is 1. The lowest BCUT2D eigenvalue weighted by Crippen LogP contribution is -2.59. The maximum Gasteiger partial charge on any atom is 0.226 e. The van der Waals surface area contributed by atoms with Crippen LogP contribution in [0.5, 0.6) is 0 Å². The zero-order valence-electron chi connectivity index (χ0n) is 10.5. The number of piperidine rings is 2. The van der Waals surface area contributed by atoms with E-state index in [0.29, 0.717) is 6.42 Å². The first-order valence-corrected chi connectivity index (χ1v) is 6.78. The molecule has 1 amide bonds. The van der Waals surface area contributed by atoms with Gasteiger partial charge in [0.2, 0.25) is 5.91 Å². The SMILES string of the molecule is O=C1[C@@H]2CC[C@@H]([C@@H](O)C2)N1CCc1ccccc1. The van der Waals surface area contributed by atoms with Crippen LogP contribution in [0.1, 0.15) is 24.8 Å². The second-order valence-electron chi connectivity index (χ2n) is 5.41. The van der Waals surface area contributed by atoms with Crippen LogP contribution < -0.4 is 0 Å². The molecular formula is C15H19NO2. The van der Waals surface area contributed by atoms with Gasteiger partial charge in [-0.3, -0.25) is 4.79 Å². The van der Waals surface area contributed by atoms with E-state index in [0.717, 1.165) is 25.8 Å². The van der Waals surface area contributed by atoms with E-state index in [1.54, 1.807) is 0 Å². The number of carbonyl (C=O) groups excluding carboxylic acids is 1.